The fourth-order valence-corrected chi connectivity index (χ4v) is 2.63. The lowest BCUT2D eigenvalue weighted by Gasteiger charge is -2.15. The van der Waals surface area contributed by atoms with Crippen LogP contribution in [0.2, 0.25) is 0 Å². The molecule has 2 rings (SSSR count). The lowest BCUT2D eigenvalue weighted by Crippen LogP contribution is -2.24. The van der Waals surface area contributed by atoms with Crippen LogP contribution in [0.15, 0.2) is 41.6 Å². The molecular formula is C14H20N4O2S. The van der Waals surface area contributed by atoms with Gasteiger partial charge in [-0.3, -0.25) is 4.68 Å². The van der Waals surface area contributed by atoms with Gasteiger partial charge in [0.15, 0.2) is 0 Å². The third-order valence-corrected chi connectivity index (χ3v) is 4.15. The smallest absolute Gasteiger partial charge is 0.238 e. The van der Waals surface area contributed by atoms with Crippen LogP contribution in [0.4, 0.5) is 0 Å². The van der Waals surface area contributed by atoms with E-state index < -0.39 is 10.0 Å². The van der Waals surface area contributed by atoms with Crippen LogP contribution in [0.1, 0.15) is 24.1 Å². The van der Waals surface area contributed by atoms with Gasteiger partial charge in [0, 0.05) is 18.8 Å². The lowest BCUT2D eigenvalue weighted by atomic mass is 10.1. The summed E-state index contributed by atoms with van der Waals surface area (Å²) in [6, 6.07) is 6.71. The number of hydrogen-bond acceptors (Lipinski definition) is 4. The third-order valence-electron chi connectivity index (χ3n) is 3.24. The van der Waals surface area contributed by atoms with Gasteiger partial charge in [0.1, 0.15) is 0 Å². The second-order valence-corrected chi connectivity index (χ2v) is 6.64. The Morgan fingerprint density at radius 3 is 2.81 bits per heavy atom. The number of nitrogens with two attached hydrogens (primary N) is 1. The van der Waals surface area contributed by atoms with Crippen LogP contribution in [0.5, 0.6) is 0 Å². The Morgan fingerprint density at radius 1 is 1.43 bits per heavy atom. The summed E-state index contributed by atoms with van der Waals surface area (Å²) in [5.74, 6) is 0. The van der Waals surface area contributed by atoms with Gasteiger partial charge in [-0.1, -0.05) is 12.1 Å². The Bertz CT molecular complexity index is 709. The number of aryl methyl sites for hydroxylation is 1. The fourth-order valence-electron chi connectivity index (χ4n) is 2.06. The maximum atomic E-state index is 11.4. The fraction of sp³-hybridized carbons (Fsp3) is 0.357. The van der Waals surface area contributed by atoms with Gasteiger partial charge in [-0.05, 0) is 37.1 Å². The van der Waals surface area contributed by atoms with E-state index in [4.69, 9.17) is 5.14 Å². The standard InChI is InChI=1S/C14H20N4O2S/c1-11-9-17-18(10-11)7-6-16-12(2)13-4-3-5-14(8-13)21(15,19)20/h3-5,8-10,12,16H,6-7H2,1-2H3,(H2,15,19,20). The molecule has 0 amide bonds. The van der Waals surface area contributed by atoms with E-state index in [1.165, 1.54) is 6.07 Å². The molecule has 0 aliphatic carbocycles. The van der Waals surface area contributed by atoms with Gasteiger partial charge in [0.2, 0.25) is 10.0 Å². The van der Waals surface area contributed by atoms with E-state index in [-0.39, 0.29) is 10.9 Å². The summed E-state index contributed by atoms with van der Waals surface area (Å²) in [5, 5.41) is 12.7. The normalized spacial score (nSPS) is 13.3. The predicted octanol–water partition coefficient (Wildman–Crippen LogP) is 1.19. The summed E-state index contributed by atoms with van der Waals surface area (Å²) in [7, 11) is -3.66. The van der Waals surface area contributed by atoms with Crippen molar-refractivity contribution in [3.05, 3.63) is 47.8 Å². The predicted molar refractivity (Wildman–Crippen MR) is 81.2 cm³/mol. The molecule has 1 aromatic carbocycles. The van der Waals surface area contributed by atoms with Crippen molar-refractivity contribution in [3.63, 3.8) is 0 Å². The molecule has 1 unspecified atom stereocenters. The zero-order valence-corrected chi connectivity index (χ0v) is 13.0. The lowest BCUT2D eigenvalue weighted by molar-refractivity contribution is 0.507. The minimum absolute atomic E-state index is 0.0309. The van der Waals surface area contributed by atoms with Crippen LogP contribution in [-0.2, 0) is 16.6 Å². The van der Waals surface area contributed by atoms with E-state index in [1.807, 2.05) is 37.0 Å². The number of sulfonamides is 1. The number of aromatic nitrogens is 2. The highest BCUT2D eigenvalue weighted by atomic mass is 32.2. The van der Waals surface area contributed by atoms with Crippen LogP contribution in [-0.4, -0.2) is 24.7 Å². The molecule has 1 aromatic heterocycles. The summed E-state index contributed by atoms with van der Waals surface area (Å²) >= 11 is 0. The first-order valence-corrected chi connectivity index (χ1v) is 8.26. The van der Waals surface area contributed by atoms with Crippen LogP contribution >= 0.6 is 0 Å². The number of benzene rings is 1. The van der Waals surface area contributed by atoms with Gasteiger partial charge >= 0.3 is 0 Å². The van der Waals surface area contributed by atoms with Gasteiger partial charge in [0.25, 0.3) is 0 Å². The molecule has 0 aliphatic rings. The first-order valence-electron chi connectivity index (χ1n) is 6.71. The SMILES string of the molecule is Cc1cnn(CCNC(C)c2cccc(S(N)(=O)=O)c2)c1. The minimum Gasteiger partial charge on any atom is -0.308 e. The zero-order chi connectivity index (χ0) is 15.5. The minimum atomic E-state index is -3.66. The molecule has 0 fully saturated rings. The van der Waals surface area contributed by atoms with Crippen molar-refractivity contribution in [1.29, 1.82) is 0 Å². The Hall–Kier alpha value is -1.70. The molecule has 0 radical (unpaired) electrons. The maximum Gasteiger partial charge on any atom is 0.238 e. The van der Waals surface area contributed by atoms with Gasteiger partial charge in [-0.15, -0.1) is 0 Å². The first-order chi connectivity index (χ1) is 9.86. The van der Waals surface area contributed by atoms with Gasteiger partial charge in [0.05, 0.1) is 17.6 Å². The Morgan fingerprint density at radius 2 is 2.19 bits per heavy atom. The van der Waals surface area contributed by atoms with Crippen molar-refractivity contribution in [1.82, 2.24) is 15.1 Å². The number of nitrogens with one attached hydrogen (secondary N) is 1. The van der Waals surface area contributed by atoms with Crippen LogP contribution in [0, 0.1) is 6.92 Å². The Kier molecular flexibility index (Phi) is 4.76. The molecule has 21 heavy (non-hydrogen) atoms. The summed E-state index contributed by atoms with van der Waals surface area (Å²) < 4.78 is 24.6. The second kappa shape index (κ2) is 6.38. The van der Waals surface area contributed by atoms with Crippen molar-refractivity contribution in [3.8, 4) is 0 Å². The highest BCUT2D eigenvalue weighted by Crippen LogP contribution is 2.16. The molecule has 0 bridgehead atoms. The Balaban J connectivity index is 1.95. The van der Waals surface area contributed by atoms with Crippen LogP contribution in [0.25, 0.3) is 0 Å². The summed E-state index contributed by atoms with van der Waals surface area (Å²) in [6.07, 6.45) is 3.80. The summed E-state index contributed by atoms with van der Waals surface area (Å²) in [5.41, 5.74) is 2.02. The van der Waals surface area contributed by atoms with Crippen molar-refractivity contribution in [2.45, 2.75) is 31.3 Å². The molecule has 3 N–H and O–H groups in total. The molecule has 1 atom stereocenters. The van der Waals surface area contributed by atoms with E-state index in [9.17, 15) is 8.42 Å². The number of hydrogen-bond donors (Lipinski definition) is 2. The maximum absolute atomic E-state index is 11.4. The van der Waals surface area contributed by atoms with Crippen LogP contribution in [0.3, 0.4) is 0 Å². The van der Waals surface area contributed by atoms with Crippen molar-refractivity contribution in [2.75, 3.05) is 6.54 Å². The molecule has 0 saturated carbocycles. The molecule has 1 heterocycles. The third kappa shape index (κ3) is 4.38. The van der Waals surface area contributed by atoms with Crippen LogP contribution < -0.4 is 10.5 Å². The second-order valence-electron chi connectivity index (χ2n) is 5.07. The largest absolute Gasteiger partial charge is 0.308 e. The molecule has 114 valence electrons. The van der Waals surface area contributed by atoms with Crippen molar-refractivity contribution in [2.24, 2.45) is 5.14 Å². The molecule has 2 aromatic rings. The molecule has 0 spiro atoms. The average molecular weight is 308 g/mol. The van der Waals surface area contributed by atoms with E-state index in [0.29, 0.717) is 0 Å². The highest BCUT2D eigenvalue weighted by molar-refractivity contribution is 7.89. The van der Waals surface area contributed by atoms with E-state index >= 15 is 0 Å². The van der Waals surface area contributed by atoms with E-state index in [2.05, 4.69) is 10.4 Å². The summed E-state index contributed by atoms with van der Waals surface area (Å²) in [4.78, 5) is 0.136. The quantitative estimate of drug-likeness (QED) is 0.839. The van der Waals surface area contributed by atoms with Crippen molar-refractivity contribution >= 4 is 10.0 Å². The molecule has 6 nitrogen and oxygen atoms in total. The average Bonchev–Trinajstić information content (AvgIpc) is 2.83. The summed E-state index contributed by atoms with van der Waals surface area (Å²) in [6.45, 7) is 5.48. The van der Waals surface area contributed by atoms with E-state index in [1.54, 1.807) is 12.1 Å². The van der Waals surface area contributed by atoms with E-state index in [0.717, 1.165) is 24.2 Å². The highest BCUT2D eigenvalue weighted by Gasteiger charge is 2.11. The number of primary sulfonamides is 1. The first kappa shape index (κ1) is 15.7. The van der Waals surface area contributed by atoms with Gasteiger partial charge in [-0.2, -0.15) is 5.10 Å². The zero-order valence-electron chi connectivity index (χ0n) is 12.2. The van der Waals surface area contributed by atoms with Crippen molar-refractivity contribution < 1.29 is 8.42 Å². The van der Waals surface area contributed by atoms with Gasteiger partial charge < -0.3 is 5.32 Å². The van der Waals surface area contributed by atoms with Gasteiger partial charge in [-0.25, -0.2) is 13.6 Å². The number of nitrogens with zero attached hydrogens (tertiary/aromatic N) is 2. The molecule has 0 saturated heterocycles. The molecule has 7 heteroatoms. The Labute approximate surface area is 125 Å². The topological polar surface area (TPSA) is 90.0 Å². The monoisotopic (exact) mass is 308 g/mol. The molecular weight excluding hydrogens is 288 g/mol. The molecule has 0 aliphatic heterocycles. The number of rotatable bonds is 6.